The molecule has 0 unspecified atom stereocenters. The number of phenols is 1. The Labute approximate surface area is 104 Å². The number of phenolic OH excluding ortho intramolecular Hbond substituents is 1. The van der Waals surface area contributed by atoms with Crippen LogP contribution >= 0.6 is 0 Å². The van der Waals surface area contributed by atoms with Crippen molar-refractivity contribution in [2.24, 2.45) is 5.41 Å². The van der Waals surface area contributed by atoms with Crippen LogP contribution in [-0.4, -0.2) is 22.5 Å². The van der Waals surface area contributed by atoms with Crippen LogP contribution < -0.4 is 5.32 Å². The van der Waals surface area contributed by atoms with Gasteiger partial charge in [-0.3, -0.25) is 14.9 Å². The number of nitro benzene ring substituents is 1. The molecule has 18 heavy (non-hydrogen) atoms. The van der Waals surface area contributed by atoms with E-state index in [1.165, 1.54) is 6.07 Å². The third-order valence-corrected chi connectivity index (χ3v) is 3.20. The van der Waals surface area contributed by atoms with E-state index in [-0.39, 0.29) is 22.4 Å². The maximum atomic E-state index is 11.9. The van der Waals surface area contributed by atoms with E-state index in [1.54, 1.807) is 0 Å². The van der Waals surface area contributed by atoms with Crippen molar-refractivity contribution in [3.05, 3.63) is 33.9 Å². The quantitative estimate of drug-likeness (QED) is 0.629. The predicted molar refractivity (Wildman–Crippen MR) is 64.4 cm³/mol. The molecule has 1 aliphatic rings. The van der Waals surface area contributed by atoms with E-state index in [2.05, 4.69) is 5.32 Å². The lowest BCUT2D eigenvalue weighted by Gasteiger charge is -2.10. The van der Waals surface area contributed by atoms with Gasteiger partial charge in [-0.25, -0.2) is 0 Å². The molecule has 6 nitrogen and oxygen atoms in total. The molecule has 0 atom stereocenters. The molecule has 0 radical (unpaired) electrons. The van der Waals surface area contributed by atoms with E-state index in [0.717, 1.165) is 25.0 Å². The fourth-order valence-corrected chi connectivity index (χ4v) is 1.64. The number of benzene rings is 1. The molecule has 0 aromatic heterocycles. The summed E-state index contributed by atoms with van der Waals surface area (Å²) in [6.07, 6.45) is 2.10. The van der Waals surface area contributed by atoms with Crippen LogP contribution in [-0.2, 0) is 0 Å². The molecule has 2 N–H and O–H groups in total. The van der Waals surface area contributed by atoms with Crippen molar-refractivity contribution in [2.75, 3.05) is 6.54 Å². The Bertz CT molecular complexity index is 509. The smallest absolute Gasteiger partial charge is 0.282 e. The summed E-state index contributed by atoms with van der Waals surface area (Å²) >= 11 is 0. The number of amides is 1. The Morgan fingerprint density at radius 3 is 2.78 bits per heavy atom. The second-order valence-electron chi connectivity index (χ2n) is 4.95. The lowest BCUT2D eigenvalue weighted by molar-refractivity contribution is -0.385. The van der Waals surface area contributed by atoms with Gasteiger partial charge in [0.05, 0.1) is 4.92 Å². The number of nitro groups is 1. The van der Waals surface area contributed by atoms with Crippen molar-refractivity contribution < 1.29 is 14.8 Å². The summed E-state index contributed by atoms with van der Waals surface area (Å²) in [5.74, 6) is -0.686. The SMILES string of the molecule is CC1(CNC(=O)c2cc(O)ccc2[N+](=O)[O-])CC1. The van der Waals surface area contributed by atoms with E-state index in [1.807, 2.05) is 6.92 Å². The number of carbonyl (C=O) groups excluding carboxylic acids is 1. The number of carbonyl (C=O) groups is 1. The fourth-order valence-electron chi connectivity index (χ4n) is 1.64. The number of nitrogens with one attached hydrogen (secondary N) is 1. The van der Waals surface area contributed by atoms with Gasteiger partial charge < -0.3 is 10.4 Å². The highest BCUT2D eigenvalue weighted by Crippen LogP contribution is 2.44. The molecule has 2 rings (SSSR count). The van der Waals surface area contributed by atoms with Crippen LogP contribution in [0.2, 0.25) is 0 Å². The van der Waals surface area contributed by atoms with Gasteiger partial charge in [-0.15, -0.1) is 0 Å². The number of aromatic hydroxyl groups is 1. The van der Waals surface area contributed by atoms with Gasteiger partial charge in [0.2, 0.25) is 0 Å². The van der Waals surface area contributed by atoms with Crippen LogP contribution in [0.1, 0.15) is 30.1 Å². The van der Waals surface area contributed by atoms with Gasteiger partial charge in [-0.2, -0.15) is 0 Å². The highest BCUT2D eigenvalue weighted by Gasteiger charge is 2.37. The molecular formula is C12H14N2O4. The monoisotopic (exact) mass is 250 g/mol. The van der Waals surface area contributed by atoms with E-state index in [0.29, 0.717) is 6.54 Å². The molecule has 0 spiro atoms. The van der Waals surface area contributed by atoms with Crippen molar-refractivity contribution in [3.63, 3.8) is 0 Å². The second-order valence-corrected chi connectivity index (χ2v) is 4.95. The molecule has 1 amide bonds. The van der Waals surface area contributed by atoms with E-state index in [9.17, 15) is 20.0 Å². The lowest BCUT2D eigenvalue weighted by Crippen LogP contribution is -2.29. The van der Waals surface area contributed by atoms with Crippen molar-refractivity contribution >= 4 is 11.6 Å². The van der Waals surface area contributed by atoms with Crippen LogP contribution in [0.4, 0.5) is 5.69 Å². The number of hydrogen-bond acceptors (Lipinski definition) is 4. The number of hydrogen-bond donors (Lipinski definition) is 2. The zero-order valence-electron chi connectivity index (χ0n) is 9.97. The Kier molecular flexibility index (Phi) is 2.94. The van der Waals surface area contributed by atoms with E-state index in [4.69, 9.17) is 0 Å². The van der Waals surface area contributed by atoms with Crippen LogP contribution in [0.3, 0.4) is 0 Å². The number of nitrogens with zero attached hydrogens (tertiary/aromatic N) is 1. The first-order valence-electron chi connectivity index (χ1n) is 5.67. The molecule has 1 saturated carbocycles. The number of rotatable bonds is 4. The van der Waals surface area contributed by atoms with Crippen molar-refractivity contribution in [1.82, 2.24) is 5.32 Å². The minimum atomic E-state index is -0.632. The zero-order valence-corrected chi connectivity index (χ0v) is 9.97. The summed E-state index contributed by atoms with van der Waals surface area (Å²) < 4.78 is 0. The maximum absolute atomic E-state index is 11.9. The van der Waals surface area contributed by atoms with Gasteiger partial charge in [0.1, 0.15) is 11.3 Å². The summed E-state index contributed by atoms with van der Waals surface area (Å²) in [5.41, 5.74) is -0.281. The molecule has 96 valence electrons. The molecule has 1 aromatic carbocycles. The Hall–Kier alpha value is -2.11. The minimum Gasteiger partial charge on any atom is -0.508 e. The summed E-state index contributed by atoms with van der Waals surface area (Å²) in [4.78, 5) is 22.0. The van der Waals surface area contributed by atoms with Crippen molar-refractivity contribution in [1.29, 1.82) is 0 Å². The highest BCUT2D eigenvalue weighted by atomic mass is 16.6. The van der Waals surface area contributed by atoms with Gasteiger partial charge in [-0.1, -0.05) is 6.92 Å². The molecule has 6 heteroatoms. The highest BCUT2D eigenvalue weighted by molar-refractivity contribution is 5.98. The summed E-state index contributed by atoms with van der Waals surface area (Å²) in [6, 6.07) is 3.43. The van der Waals surface area contributed by atoms with Crippen molar-refractivity contribution in [2.45, 2.75) is 19.8 Å². The fraction of sp³-hybridized carbons (Fsp3) is 0.417. The average molecular weight is 250 g/mol. The molecule has 0 bridgehead atoms. The Morgan fingerprint density at radius 2 is 2.22 bits per heavy atom. The van der Waals surface area contributed by atoms with Crippen LogP contribution in [0, 0.1) is 15.5 Å². The lowest BCUT2D eigenvalue weighted by atomic mass is 10.1. The van der Waals surface area contributed by atoms with Crippen LogP contribution in [0.15, 0.2) is 18.2 Å². The zero-order chi connectivity index (χ0) is 13.3. The van der Waals surface area contributed by atoms with Crippen LogP contribution in [0.5, 0.6) is 5.75 Å². The largest absolute Gasteiger partial charge is 0.508 e. The first-order valence-corrected chi connectivity index (χ1v) is 5.67. The van der Waals surface area contributed by atoms with Gasteiger partial charge in [0, 0.05) is 12.6 Å². The topological polar surface area (TPSA) is 92.5 Å². The van der Waals surface area contributed by atoms with Gasteiger partial charge in [0.15, 0.2) is 0 Å². The normalized spacial score (nSPS) is 16.1. The van der Waals surface area contributed by atoms with Crippen molar-refractivity contribution in [3.8, 4) is 5.75 Å². The summed E-state index contributed by atoms with van der Waals surface area (Å²) in [5, 5.41) is 22.8. The first-order chi connectivity index (χ1) is 8.41. The third-order valence-electron chi connectivity index (χ3n) is 3.20. The van der Waals surface area contributed by atoms with Crippen LogP contribution in [0.25, 0.3) is 0 Å². The minimum absolute atomic E-state index is 0.107. The van der Waals surface area contributed by atoms with E-state index < -0.39 is 10.8 Å². The molecule has 0 aliphatic heterocycles. The standard InChI is InChI=1S/C12H14N2O4/c1-12(4-5-12)7-13-11(16)9-6-8(15)2-3-10(9)14(17)18/h2-3,6,15H,4-5,7H2,1H3,(H,13,16). The maximum Gasteiger partial charge on any atom is 0.282 e. The predicted octanol–water partition coefficient (Wildman–Crippen LogP) is 1.83. The molecule has 1 aromatic rings. The van der Waals surface area contributed by atoms with Gasteiger partial charge >= 0.3 is 0 Å². The molecule has 0 heterocycles. The van der Waals surface area contributed by atoms with Gasteiger partial charge in [-0.05, 0) is 30.4 Å². The average Bonchev–Trinajstić information content (AvgIpc) is 3.04. The summed E-state index contributed by atoms with van der Waals surface area (Å²) in [7, 11) is 0. The summed E-state index contributed by atoms with van der Waals surface area (Å²) in [6.45, 7) is 2.54. The molecule has 0 saturated heterocycles. The first kappa shape index (κ1) is 12.3. The van der Waals surface area contributed by atoms with E-state index >= 15 is 0 Å². The Balaban J connectivity index is 2.17. The molecular weight excluding hydrogens is 236 g/mol. The third kappa shape index (κ3) is 2.58. The molecule has 1 fully saturated rings. The molecule has 1 aliphatic carbocycles. The second kappa shape index (κ2) is 4.29. The van der Waals surface area contributed by atoms with Gasteiger partial charge in [0.25, 0.3) is 11.6 Å². The Morgan fingerprint density at radius 1 is 1.56 bits per heavy atom.